The fraction of sp³-hybridized carbons (Fsp3) is 0.647. The van der Waals surface area contributed by atoms with Crippen LogP contribution >= 0.6 is 0 Å². The Morgan fingerprint density at radius 2 is 1.95 bits per heavy atom. The molecule has 1 N–H and O–H groups in total. The van der Waals surface area contributed by atoms with Crippen molar-refractivity contribution in [2.75, 3.05) is 13.2 Å². The minimum Gasteiger partial charge on any atom is -0.492 e. The van der Waals surface area contributed by atoms with E-state index in [2.05, 4.69) is 12.2 Å². The summed E-state index contributed by atoms with van der Waals surface area (Å²) in [7, 11) is 0. The van der Waals surface area contributed by atoms with Crippen molar-refractivity contribution in [2.45, 2.75) is 51.5 Å². The third-order valence-electron chi connectivity index (χ3n) is 4.21. The number of nitrogens with one attached hydrogen (secondary N) is 1. The Balaban J connectivity index is 1.60. The summed E-state index contributed by atoms with van der Waals surface area (Å²) in [5, 5.41) is 3.65. The van der Waals surface area contributed by atoms with Gasteiger partial charge in [0, 0.05) is 12.6 Å². The second-order valence-corrected chi connectivity index (χ2v) is 5.60. The zero-order valence-electron chi connectivity index (χ0n) is 12.1. The van der Waals surface area contributed by atoms with Gasteiger partial charge < -0.3 is 10.1 Å². The third kappa shape index (κ3) is 5.23. The maximum atomic E-state index is 5.71. The molecule has 1 aromatic carbocycles. The Morgan fingerprint density at radius 1 is 1.11 bits per heavy atom. The van der Waals surface area contributed by atoms with Crippen molar-refractivity contribution in [3.63, 3.8) is 0 Å². The van der Waals surface area contributed by atoms with Crippen molar-refractivity contribution >= 4 is 0 Å². The zero-order chi connectivity index (χ0) is 13.3. The largest absolute Gasteiger partial charge is 0.492 e. The highest BCUT2D eigenvalue weighted by molar-refractivity contribution is 5.20. The summed E-state index contributed by atoms with van der Waals surface area (Å²) in [6, 6.07) is 10.8. The van der Waals surface area contributed by atoms with Gasteiger partial charge in [0.2, 0.25) is 0 Å². The van der Waals surface area contributed by atoms with Crippen molar-refractivity contribution in [1.29, 1.82) is 0 Å². The van der Waals surface area contributed by atoms with Crippen molar-refractivity contribution in [3.05, 3.63) is 30.3 Å². The maximum Gasteiger partial charge on any atom is 0.119 e. The first-order valence-corrected chi connectivity index (χ1v) is 7.79. The molecule has 2 heteroatoms. The summed E-state index contributed by atoms with van der Waals surface area (Å²) in [5.74, 6) is 1.93. The highest BCUT2D eigenvalue weighted by Crippen LogP contribution is 2.25. The highest BCUT2D eigenvalue weighted by atomic mass is 16.5. The number of para-hydroxylation sites is 1. The molecule has 0 spiro atoms. The van der Waals surface area contributed by atoms with Crippen LogP contribution in [0.4, 0.5) is 0 Å². The smallest absolute Gasteiger partial charge is 0.119 e. The van der Waals surface area contributed by atoms with Gasteiger partial charge in [-0.25, -0.2) is 0 Å². The fourth-order valence-corrected chi connectivity index (χ4v) is 2.94. The molecule has 0 amide bonds. The van der Waals surface area contributed by atoms with E-state index in [9.17, 15) is 0 Å². The molecule has 1 fully saturated rings. The van der Waals surface area contributed by atoms with Crippen LogP contribution in [0, 0.1) is 5.92 Å². The van der Waals surface area contributed by atoms with Crippen LogP contribution in [0.25, 0.3) is 0 Å². The van der Waals surface area contributed by atoms with E-state index in [-0.39, 0.29) is 0 Å². The van der Waals surface area contributed by atoms with E-state index in [1.54, 1.807) is 0 Å². The van der Waals surface area contributed by atoms with Crippen LogP contribution in [0.15, 0.2) is 30.3 Å². The molecule has 0 bridgehead atoms. The fourth-order valence-electron chi connectivity index (χ4n) is 2.94. The van der Waals surface area contributed by atoms with Gasteiger partial charge in [0.15, 0.2) is 0 Å². The zero-order valence-corrected chi connectivity index (χ0v) is 12.1. The van der Waals surface area contributed by atoms with E-state index in [4.69, 9.17) is 4.74 Å². The van der Waals surface area contributed by atoms with Crippen LogP contribution in [0.3, 0.4) is 0 Å². The SMILES string of the molecule is CCC1CCCC(NCCOc2ccccc2)CC1. The molecule has 0 aromatic heterocycles. The van der Waals surface area contributed by atoms with Crippen LogP contribution in [-0.4, -0.2) is 19.2 Å². The Morgan fingerprint density at radius 3 is 2.74 bits per heavy atom. The summed E-state index contributed by atoms with van der Waals surface area (Å²) in [4.78, 5) is 0. The molecule has 0 aliphatic heterocycles. The summed E-state index contributed by atoms with van der Waals surface area (Å²) >= 11 is 0. The predicted molar refractivity (Wildman–Crippen MR) is 80.6 cm³/mol. The number of benzene rings is 1. The minimum absolute atomic E-state index is 0.705. The summed E-state index contributed by atoms with van der Waals surface area (Å²) < 4.78 is 5.71. The molecule has 1 aliphatic carbocycles. The molecule has 1 aromatic rings. The van der Waals surface area contributed by atoms with Gasteiger partial charge in [0.1, 0.15) is 12.4 Å². The van der Waals surface area contributed by atoms with Crippen molar-refractivity contribution in [2.24, 2.45) is 5.92 Å². The molecule has 2 rings (SSSR count). The quantitative estimate of drug-likeness (QED) is 0.617. The van der Waals surface area contributed by atoms with E-state index in [1.165, 1.54) is 38.5 Å². The van der Waals surface area contributed by atoms with E-state index in [0.29, 0.717) is 6.04 Å². The van der Waals surface area contributed by atoms with Crippen LogP contribution < -0.4 is 10.1 Å². The van der Waals surface area contributed by atoms with Crippen molar-refractivity contribution < 1.29 is 4.74 Å². The molecular weight excluding hydrogens is 234 g/mol. The summed E-state index contributed by atoms with van der Waals surface area (Å²) in [6.07, 6.45) is 8.23. The van der Waals surface area contributed by atoms with E-state index in [0.717, 1.165) is 24.8 Å². The predicted octanol–water partition coefficient (Wildman–Crippen LogP) is 4.01. The second kappa shape index (κ2) is 8.21. The average molecular weight is 261 g/mol. The van der Waals surface area contributed by atoms with E-state index < -0.39 is 0 Å². The third-order valence-corrected chi connectivity index (χ3v) is 4.21. The Labute approximate surface area is 117 Å². The normalized spacial score (nSPS) is 23.8. The topological polar surface area (TPSA) is 21.3 Å². The van der Waals surface area contributed by atoms with Gasteiger partial charge in [-0.15, -0.1) is 0 Å². The number of hydrogen-bond acceptors (Lipinski definition) is 2. The molecule has 2 nitrogen and oxygen atoms in total. The van der Waals surface area contributed by atoms with Crippen molar-refractivity contribution in [3.8, 4) is 5.75 Å². The lowest BCUT2D eigenvalue weighted by atomic mass is 9.98. The minimum atomic E-state index is 0.705. The van der Waals surface area contributed by atoms with Gasteiger partial charge in [0.05, 0.1) is 0 Å². The van der Waals surface area contributed by atoms with Crippen molar-refractivity contribution in [1.82, 2.24) is 5.32 Å². The molecule has 0 saturated heterocycles. The molecule has 1 saturated carbocycles. The first-order valence-electron chi connectivity index (χ1n) is 7.79. The number of rotatable bonds is 6. The number of ether oxygens (including phenoxy) is 1. The van der Waals surface area contributed by atoms with Gasteiger partial charge in [-0.2, -0.15) is 0 Å². The molecule has 2 unspecified atom stereocenters. The Hall–Kier alpha value is -1.02. The van der Waals surface area contributed by atoms with Gasteiger partial charge in [0.25, 0.3) is 0 Å². The van der Waals surface area contributed by atoms with E-state index >= 15 is 0 Å². The molecule has 19 heavy (non-hydrogen) atoms. The van der Waals surface area contributed by atoms with Gasteiger partial charge >= 0.3 is 0 Å². The van der Waals surface area contributed by atoms with Gasteiger partial charge in [-0.05, 0) is 37.3 Å². The van der Waals surface area contributed by atoms with Crippen LogP contribution in [0.5, 0.6) is 5.75 Å². The molecule has 106 valence electrons. The standard InChI is InChI=1S/C17H27NO/c1-2-15-7-6-8-16(12-11-15)18-13-14-19-17-9-4-3-5-10-17/h3-5,9-10,15-16,18H,2,6-8,11-14H2,1H3. The molecule has 2 atom stereocenters. The van der Waals surface area contributed by atoms with Gasteiger partial charge in [-0.3, -0.25) is 0 Å². The molecule has 1 aliphatic rings. The Kier molecular flexibility index (Phi) is 6.22. The van der Waals surface area contributed by atoms with E-state index in [1.807, 2.05) is 30.3 Å². The lowest BCUT2D eigenvalue weighted by Gasteiger charge is -2.16. The highest BCUT2D eigenvalue weighted by Gasteiger charge is 2.16. The molecule has 0 radical (unpaired) electrons. The lowest BCUT2D eigenvalue weighted by molar-refractivity contribution is 0.299. The summed E-state index contributed by atoms with van der Waals surface area (Å²) in [5.41, 5.74) is 0. The first-order chi connectivity index (χ1) is 9.38. The van der Waals surface area contributed by atoms with Crippen LogP contribution in [-0.2, 0) is 0 Å². The molecular formula is C17H27NO. The number of hydrogen-bond donors (Lipinski definition) is 1. The van der Waals surface area contributed by atoms with Crippen LogP contribution in [0.1, 0.15) is 45.4 Å². The average Bonchev–Trinajstić information content (AvgIpc) is 2.70. The first kappa shape index (κ1) is 14.4. The molecule has 0 heterocycles. The van der Waals surface area contributed by atoms with Crippen LogP contribution in [0.2, 0.25) is 0 Å². The van der Waals surface area contributed by atoms with Gasteiger partial charge in [-0.1, -0.05) is 44.4 Å². The lowest BCUT2D eigenvalue weighted by Crippen LogP contribution is -2.32. The monoisotopic (exact) mass is 261 g/mol. The Bertz CT molecular complexity index is 338. The summed E-state index contributed by atoms with van der Waals surface area (Å²) in [6.45, 7) is 4.04. The maximum absolute atomic E-state index is 5.71. The second-order valence-electron chi connectivity index (χ2n) is 5.60.